The summed E-state index contributed by atoms with van der Waals surface area (Å²) in [6, 6.07) is 0. The standard InChI is InChI=1S/C27H45Cl/c1-4-5-6-7-8-9-10-20-12-14-24-23-13-11-21-19-22(28)15-17-27(21,3)25(23)16-18-26(20,24)2/h11,20,22-25H,4-10,12-19H2,1-3H3/t20-,22+,23-,24+,25-,26-,27+/m1/s1. The molecule has 0 amide bonds. The molecule has 7 atom stereocenters. The van der Waals surface area contributed by atoms with Gasteiger partial charge in [0.2, 0.25) is 0 Å². The molecule has 0 radical (unpaired) electrons. The van der Waals surface area contributed by atoms with Crippen LogP contribution in [0.5, 0.6) is 0 Å². The summed E-state index contributed by atoms with van der Waals surface area (Å²) in [6.07, 6.45) is 24.1. The van der Waals surface area contributed by atoms with Gasteiger partial charge in [0.15, 0.2) is 0 Å². The molecule has 28 heavy (non-hydrogen) atoms. The second-order valence-corrected chi connectivity index (χ2v) is 12.1. The number of alkyl halides is 1. The van der Waals surface area contributed by atoms with Crippen LogP contribution in [0.25, 0.3) is 0 Å². The fraction of sp³-hybridized carbons (Fsp3) is 0.926. The second kappa shape index (κ2) is 8.64. The Kier molecular flexibility index (Phi) is 6.57. The van der Waals surface area contributed by atoms with E-state index >= 15 is 0 Å². The summed E-state index contributed by atoms with van der Waals surface area (Å²) in [5, 5.41) is 0.401. The average molecular weight is 405 g/mol. The smallest absolute Gasteiger partial charge is 0.0373 e. The number of allylic oxidation sites excluding steroid dienone is 2. The van der Waals surface area contributed by atoms with Gasteiger partial charge in [-0.3, -0.25) is 0 Å². The molecule has 0 aliphatic heterocycles. The van der Waals surface area contributed by atoms with E-state index in [4.69, 9.17) is 11.6 Å². The number of halogens is 1. The van der Waals surface area contributed by atoms with Gasteiger partial charge in [-0.2, -0.15) is 0 Å². The zero-order valence-electron chi connectivity index (χ0n) is 18.9. The van der Waals surface area contributed by atoms with E-state index < -0.39 is 0 Å². The van der Waals surface area contributed by atoms with Crippen LogP contribution in [0.2, 0.25) is 0 Å². The van der Waals surface area contributed by atoms with Gasteiger partial charge in [-0.05, 0) is 92.3 Å². The number of hydrogen-bond acceptors (Lipinski definition) is 0. The van der Waals surface area contributed by atoms with Crippen LogP contribution in [-0.4, -0.2) is 5.38 Å². The second-order valence-electron chi connectivity index (χ2n) is 11.5. The van der Waals surface area contributed by atoms with Crippen molar-refractivity contribution in [1.29, 1.82) is 0 Å². The molecular weight excluding hydrogens is 360 g/mol. The van der Waals surface area contributed by atoms with E-state index in [1.54, 1.807) is 5.57 Å². The molecule has 4 aliphatic carbocycles. The van der Waals surface area contributed by atoms with Gasteiger partial charge < -0.3 is 0 Å². The van der Waals surface area contributed by atoms with E-state index in [-0.39, 0.29) is 0 Å². The highest BCUT2D eigenvalue weighted by molar-refractivity contribution is 6.20. The SMILES string of the molecule is CCCCCCCC[C@@H]1CC[C@H]2[C@H]3CC=C4C[C@@H](Cl)CC[C@]4(C)[C@@H]3CC[C@]12C. The lowest BCUT2D eigenvalue weighted by Crippen LogP contribution is -2.50. The highest BCUT2D eigenvalue weighted by Crippen LogP contribution is 2.66. The van der Waals surface area contributed by atoms with Crippen molar-refractivity contribution >= 4 is 11.6 Å². The first-order chi connectivity index (χ1) is 13.5. The molecule has 4 rings (SSSR count). The van der Waals surface area contributed by atoms with E-state index in [0.717, 1.165) is 23.7 Å². The quantitative estimate of drug-likeness (QED) is 0.225. The first-order valence-corrected chi connectivity index (χ1v) is 13.3. The Morgan fingerprint density at radius 2 is 1.71 bits per heavy atom. The lowest BCUT2D eigenvalue weighted by Gasteiger charge is -2.58. The molecular formula is C27H45Cl. The van der Waals surface area contributed by atoms with Crippen molar-refractivity contribution in [2.75, 3.05) is 0 Å². The van der Waals surface area contributed by atoms with Crippen LogP contribution in [0.1, 0.15) is 117 Å². The Balaban J connectivity index is 1.39. The molecule has 3 saturated carbocycles. The first kappa shape index (κ1) is 21.3. The third-order valence-electron chi connectivity index (χ3n) is 10.1. The minimum absolute atomic E-state index is 0.401. The van der Waals surface area contributed by atoms with Gasteiger partial charge in [-0.25, -0.2) is 0 Å². The maximum absolute atomic E-state index is 6.55. The van der Waals surface area contributed by atoms with E-state index in [1.165, 1.54) is 96.3 Å². The van der Waals surface area contributed by atoms with Crippen LogP contribution in [0.4, 0.5) is 0 Å². The number of hydrogen-bond donors (Lipinski definition) is 0. The van der Waals surface area contributed by atoms with Crippen molar-refractivity contribution in [1.82, 2.24) is 0 Å². The van der Waals surface area contributed by atoms with Gasteiger partial charge in [-0.15, -0.1) is 11.6 Å². The maximum Gasteiger partial charge on any atom is 0.0373 e. The molecule has 0 saturated heterocycles. The topological polar surface area (TPSA) is 0 Å². The summed E-state index contributed by atoms with van der Waals surface area (Å²) in [4.78, 5) is 0. The molecule has 0 heterocycles. The number of unbranched alkanes of at least 4 members (excludes halogenated alkanes) is 5. The van der Waals surface area contributed by atoms with Gasteiger partial charge in [-0.1, -0.05) is 70.9 Å². The molecule has 0 spiro atoms. The van der Waals surface area contributed by atoms with Crippen molar-refractivity contribution in [3.8, 4) is 0 Å². The summed E-state index contributed by atoms with van der Waals surface area (Å²) in [6.45, 7) is 7.64. The van der Waals surface area contributed by atoms with Gasteiger partial charge >= 0.3 is 0 Å². The lowest BCUT2D eigenvalue weighted by molar-refractivity contribution is -0.0423. The summed E-state index contributed by atoms with van der Waals surface area (Å²) in [7, 11) is 0. The summed E-state index contributed by atoms with van der Waals surface area (Å²) in [5.41, 5.74) is 2.87. The van der Waals surface area contributed by atoms with Gasteiger partial charge in [0.05, 0.1) is 0 Å². The minimum atomic E-state index is 0.401. The Bertz CT molecular complexity index is 565. The molecule has 0 aromatic heterocycles. The zero-order chi connectivity index (χ0) is 19.8. The lowest BCUT2D eigenvalue weighted by atomic mass is 9.47. The van der Waals surface area contributed by atoms with Crippen molar-refractivity contribution < 1.29 is 0 Å². The van der Waals surface area contributed by atoms with Crippen LogP contribution in [0, 0.1) is 34.5 Å². The maximum atomic E-state index is 6.55. The molecule has 0 nitrogen and oxygen atoms in total. The Morgan fingerprint density at radius 3 is 2.54 bits per heavy atom. The zero-order valence-corrected chi connectivity index (χ0v) is 19.7. The van der Waals surface area contributed by atoms with Crippen molar-refractivity contribution in [3.63, 3.8) is 0 Å². The Hall–Kier alpha value is 0.0300. The molecule has 160 valence electrons. The molecule has 0 unspecified atom stereocenters. The molecule has 3 fully saturated rings. The molecule has 0 aromatic carbocycles. The monoisotopic (exact) mass is 404 g/mol. The predicted octanol–water partition coefficient (Wildman–Crippen LogP) is 8.92. The normalized spacial score (nSPS) is 45.1. The Labute approximate surface area is 180 Å². The first-order valence-electron chi connectivity index (χ1n) is 12.8. The van der Waals surface area contributed by atoms with Crippen LogP contribution < -0.4 is 0 Å². The molecule has 0 aromatic rings. The van der Waals surface area contributed by atoms with Gasteiger partial charge in [0.1, 0.15) is 0 Å². The summed E-state index contributed by atoms with van der Waals surface area (Å²) >= 11 is 6.55. The van der Waals surface area contributed by atoms with Crippen molar-refractivity contribution in [2.24, 2.45) is 34.5 Å². The third kappa shape index (κ3) is 3.74. The molecule has 0 bridgehead atoms. The molecule has 0 N–H and O–H groups in total. The van der Waals surface area contributed by atoms with Crippen LogP contribution in [-0.2, 0) is 0 Å². The van der Waals surface area contributed by atoms with Crippen molar-refractivity contribution in [2.45, 2.75) is 122 Å². The Morgan fingerprint density at radius 1 is 0.929 bits per heavy atom. The third-order valence-corrected chi connectivity index (χ3v) is 10.5. The van der Waals surface area contributed by atoms with Crippen molar-refractivity contribution in [3.05, 3.63) is 11.6 Å². The molecule has 1 heteroatoms. The minimum Gasteiger partial charge on any atom is -0.123 e. The highest BCUT2D eigenvalue weighted by atomic mass is 35.5. The predicted molar refractivity (Wildman–Crippen MR) is 123 cm³/mol. The van der Waals surface area contributed by atoms with Crippen LogP contribution in [0.3, 0.4) is 0 Å². The largest absolute Gasteiger partial charge is 0.123 e. The fourth-order valence-electron chi connectivity index (χ4n) is 8.37. The molecule has 4 aliphatic rings. The van der Waals surface area contributed by atoms with Gasteiger partial charge in [0.25, 0.3) is 0 Å². The highest BCUT2D eigenvalue weighted by Gasteiger charge is 2.58. The van der Waals surface area contributed by atoms with E-state index in [9.17, 15) is 0 Å². The number of fused-ring (bicyclic) bond motifs is 5. The number of rotatable bonds is 7. The van der Waals surface area contributed by atoms with E-state index in [1.807, 2.05) is 0 Å². The summed E-state index contributed by atoms with van der Waals surface area (Å²) in [5.74, 6) is 3.93. The van der Waals surface area contributed by atoms with E-state index in [2.05, 4.69) is 26.8 Å². The fourth-order valence-corrected chi connectivity index (χ4v) is 8.65. The van der Waals surface area contributed by atoms with Gasteiger partial charge in [0, 0.05) is 5.38 Å². The van der Waals surface area contributed by atoms with E-state index in [0.29, 0.717) is 16.2 Å². The van der Waals surface area contributed by atoms with Crippen LogP contribution in [0.15, 0.2) is 11.6 Å². The average Bonchev–Trinajstić information content (AvgIpc) is 3.01. The summed E-state index contributed by atoms with van der Waals surface area (Å²) < 4.78 is 0. The van der Waals surface area contributed by atoms with Crippen LogP contribution >= 0.6 is 11.6 Å².